The molecular weight excluding hydrogens is 294 g/mol. The first-order chi connectivity index (χ1) is 11.3. The molecule has 1 fully saturated rings. The van der Waals surface area contributed by atoms with Crippen LogP contribution in [0.2, 0.25) is 0 Å². The SMILES string of the molecule is O=C(CCc1nc(C2CC2)no1)NC1CCOc2ccccc21. The highest BCUT2D eigenvalue weighted by atomic mass is 16.5. The number of benzene rings is 1. The third-order valence-corrected chi connectivity index (χ3v) is 4.29. The first kappa shape index (κ1) is 14.2. The number of carbonyl (C=O) groups is 1. The quantitative estimate of drug-likeness (QED) is 0.918. The van der Waals surface area contributed by atoms with E-state index in [1.54, 1.807) is 0 Å². The van der Waals surface area contributed by atoms with Crippen molar-refractivity contribution in [1.29, 1.82) is 0 Å². The molecule has 1 aromatic carbocycles. The molecule has 1 atom stereocenters. The summed E-state index contributed by atoms with van der Waals surface area (Å²) in [7, 11) is 0. The fraction of sp³-hybridized carbons (Fsp3) is 0.471. The number of fused-ring (bicyclic) bond motifs is 1. The number of nitrogens with zero attached hydrogens (tertiary/aromatic N) is 2. The van der Waals surface area contributed by atoms with Gasteiger partial charge in [0.2, 0.25) is 11.8 Å². The molecule has 1 N–H and O–H groups in total. The summed E-state index contributed by atoms with van der Waals surface area (Å²) in [6, 6.07) is 7.85. The Kier molecular flexibility index (Phi) is 3.73. The number of amides is 1. The summed E-state index contributed by atoms with van der Waals surface area (Å²) in [5.41, 5.74) is 1.04. The van der Waals surface area contributed by atoms with Crippen molar-refractivity contribution in [3.8, 4) is 5.75 Å². The lowest BCUT2D eigenvalue weighted by Crippen LogP contribution is -2.32. The highest BCUT2D eigenvalue weighted by molar-refractivity contribution is 5.76. The Morgan fingerprint density at radius 1 is 1.26 bits per heavy atom. The van der Waals surface area contributed by atoms with Crippen molar-refractivity contribution >= 4 is 5.91 Å². The van der Waals surface area contributed by atoms with Crippen LogP contribution in [0.25, 0.3) is 0 Å². The smallest absolute Gasteiger partial charge is 0.227 e. The maximum absolute atomic E-state index is 12.2. The second-order valence-electron chi connectivity index (χ2n) is 6.12. The summed E-state index contributed by atoms with van der Waals surface area (Å²) in [5, 5.41) is 7.05. The van der Waals surface area contributed by atoms with E-state index in [0.717, 1.165) is 36.4 Å². The van der Waals surface area contributed by atoms with Crippen LogP contribution in [-0.2, 0) is 11.2 Å². The van der Waals surface area contributed by atoms with E-state index in [-0.39, 0.29) is 11.9 Å². The van der Waals surface area contributed by atoms with Gasteiger partial charge in [-0.1, -0.05) is 23.4 Å². The predicted molar refractivity (Wildman–Crippen MR) is 82.0 cm³/mol. The lowest BCUT2D eigenvalue weighted by Gasteiger charge is -2.26. The Bertz CT molecular complexity index is 709. The van der Waals surface area contributed by atoms with Gasteiger partial charge >= 0.3 is 0 Å². The van der Waals surface area contributed by atoms with Crippen molar-refractivity contribution in [2.24, 2.45) is 0 Å². The highest BCUT2D eigenvalue weighted by Gasteiger charge is 2.29. The molecule has 6 nitrogen and oxygen atoms in total. The minimum Gasteiger partial charge on any atom is -0.493 e. The average molecular weight is 313 g/mol. The lowest BCUT2D eigenvalue weighted by atomic mass is 10.0. The molecule has 2 heterocycles. The Labute approximate surface area is 134 Å². The molecule has 1 aromatic heterocycles. The molecular formula is C17H19N3O3. The second kappa shape index (κ2) is 6.02. The summed E-state index contributed by atoms with van der Waals surface area (Å²) in [6.07, 6.45) is 3.91. The fourth-order valence-corrected chi connectivity index (χ4v) is 2.86. The maximum Gasteiger partial charge on any atom is 0.227 e. The molecule has 0 bridgehead atoms. The second-order valence-corrected chi connectivity index (χ2v) is 6.12. The van der Waals surface area contributed by atoms with Gasteiger partial charge in [0, 0.05) is 30.7 Å². The Balaban J connectivity index is 1.33. The number of nitrogens with one attached hydrogen (secondary N) is 1. The molecule has 1 aliphatic heterocycles. The van der Waals surface area contributed by atoms with E-state index in [2.05, 4.69) is 15.5 Å². The molecule has 2 aliphatic rings. The number of aromatic nitrogens is 2. The van der Waals surface area contributed by atoms with Gasteiger partial charge in [0.1, 0.15) is 5.75 Å². The van der Waals surface area contributed by atoms with E-state index in [1.165, 1.54) is 0 Å². The van der Waals surface area contributed by atoms with Crippen LogP contribution in [0, 0.1) is 0 Å². The third kappa shape index (κ3) is 3.21. The van der Waals surface area contributed by atoms with Crippen LogP contribution in [0.15, 0.2) is 28.8 Å². The maximum atomic E-state index is 12.2. The number of rotatable bonds is 5. The number of aryl methyl sites for hydroxylation is 1. The van der Waals surface area contributed by atoms with Crippen molar-refractivity contribution in [2.45, 2.75) is 44.1 Å². The summed E-state index contributed by atoms with van der Waals surface area (Å²) in [6.45, 7) is 0.621. The molecule has 23 heavy (non-hydrogen) atoms. The van der Waals surface area contributed by atoms with Gasteiger partial charge in [-0.3, -0.25) is 4.79 Å². The molecule has 1 saturated carbocycles. The molecule has 1 unspecified atom stereocenters. The van der Waals surface area contributed by atoms with Crippen molar-refractivity contribution in [2.75, 3.05) is 6.61 Å². The molecule has 0 radical (unpaired) electrons. The lowest BCUT2D eigenvalue weighted by molar-refractivity contribution is -0.122. The van der Waals surface area contributed by atoms with Crippen LogP contribution in [0.3, 0.4) is 0 Å². The van der Waals surface area contributed by atoms with E-state index < -0.39 is 0 Å². The average Bonchev–Trinajstić information content (AvgIpc) is 3.32. The first-order valence-corrected chi connectivity index (χ1v) is 8.13. The number of carbonyl (C=O) groups excluding carboxylic acids is 1. The van der Waals surface area contributed by atoms with Crippen molar-refractivity contribution < 1.29 is 14.1 Å². The molecule has 0 saturated heterocycles. The van der Waals surface area contributed by atoms with Gasteiger partial charge in [0.05, 0.1) is 12.6 Å². The van der Waals surface area contributed by atoms with Gasteiger partial charge < -0.3 is 14.6 Å². The van der Waals surface area contributed by atoms with Gasteiger partial charge in [-0.25, -0.2) is 0 Å². The number of ether oxygens (including phenoxy) is 1. The Hall–Kier alpha value is -2.37. The number of hydrogen-bond acceptors (Lipinski definition) is 5. The molecule has 1 aliphatic carbocycles. The normalized spacial score (nSPS) is 19.7. The van der Waals surface area contributed by atoms with Gasteiger partial charge in [0.25, 0.3) is 0 Å². The van der Waals surface area contributed by atoms with Crippen molar-refractivity contribution in [3.63, 3.8) is 0 Å². The molecule has 2 aromatic rings. The number of hydrogen-bond donors (Lipinski definition) is 1. The summed E-state index contributed by atoms with van der Waals surface area (Å²) >= 11 is 0. The topological polar surface area (TPSA) is 77.2 Å². The van der Waals surface area contributed by atoms with Gasteiger partial charge in [-0.05, 0) is 18.9 Å². The van der Waals surface area contributed by atoms with E-state index in [9.17, 15) is 4.79 Å². The third-order valence-electron chi connectivity index (χ3n) is 4.29. The minimum atomic E-state index is -0.00197. The van der Waals surface area contributed by atoms with Crippen LogP contribution in [0.1, 0.15) is 54.9 Å². The highest BCUT2D eigenvalue weighted by Crippen LogP contribution is 2.38. The zero-order chi connectivity index (χ0) is 15.6. The van der Waals surface area contributed by atoms with Crippen molar-refractivity contribution in [1.82, 2.24) is 15.5 Å². The Morgan fingerprint density at radius 2 is 2.13 bits per heavy atom. The van der Waals surface area contributed by atoms with E-state index in [0.29, 0.717) is 31.3 Å². The molecule has 0 spiro atoms. The van der Waals surface area contributed by atoms with E-state index in [1.807, 2.05) is 24.3 Å². The summed E-state index contributed by atoms with van der Waals surface area (Å²) < 4.78 is 10.8. The fourth-order valence-electron chi connectivity index (χ4n) is 2.86. The summed E-state index contributed by atoms with van der Waals surface area (Å²) in [4.78, 5) is 16.6. The van der Waals surface area contributed by atoms with E-state index in [4.69, 9.17) is 9.26 Å². The molecule has 1 amide bonds. The van der Waals surface area contributed by atoms with Crippen LogP contribution in [0.4, 0.5) is 0 Å². The monoisotopic (exact) mass is 313 g/mol. The molecule has 4 rings (SSSR count). The van der Waals surface area contributed by atoms with Crippen molar-refractivity contribution in [3.05, 3.63) is 41.5 Å². The zero-order valence-corrected chi connectivity index (χ0v) is 12.8. The predicted octanol–water partition coefficient (Wildman–Crippen LogP) is 2.52. The van der Waals surface area contributed by atoms with Gasteiger partial charge in [-0.2, -0.15) is 4.98 Å². The van der Waals surface area contributed by atoms with Crippen LogP contribution in [0.5, 0.6) is 5.75 Å². The minimum absolute atomic E-state index is 0.00197. The molecule has 6 heteroatoms. The number of para-hydroxylation sites is 1. The standard InChI is InChI=1S/C17H19N3O3/c21-15(7-8-16-19-17(20-23-16)11-5-6-11)18-13-9-10-22-14-4-2-1-3-12(13)14/h1-4,11,13H,5-10H2,(H,18,21). The summed E-state index contributed by atoms with van der Waals surface area (Å²) in [5.74, 6) is 2.67. The van der Waals surface area contributed by atoms with Gasteiger partial charge in [0.15, 0.2) is 5.82 Å². The largest absolute Gasteiger partial charge is 0.493 e. The van der Waals surface area contributed by atoms with Crippen LogP contribution < -0.4 is 10.1 Å². The van der Waals surface area contributed by atoms with Crippen LogP contribution >= 0.6 is 0 Å². The van der Waals surface area contributed by atoms with E-state index >= 15 is 0 Å². The molecule has 120 valence electrons. The zero-order valence-electron chi connectivity index (χ0n) is 12.8. The van der Waals surface area contributed by atoms with Crippen LogP contribution in [-0.4, -0.2) is 22.7 Å². The van der Waals surface area contributed by atoms with Gasteiger partial charge in [-0.15, -0.1) is 0 Å². The Morgan fingerprint density at radius 3 is 3.00 bits per heavy atom. The first-order valence-electron chi connectivity index (χ1n) is 8.13.